The standard InChI is InChI=1S/C13H22N4O2/c1-9-4-13(5-9,8-14)11(18)16-2-3-17-10(7-16)6-15-12(17)19/h9-10H,2-8,14H2,1H3,(H,15,19). The summed E-state index contributed by atoms with van der Waals surface area (Å²) < 4.78 is 0. The van der Waals surface area contributed by atoms with Crippen LogP contribution in [0.4, 0.5) is 4.79 Å². The van der Waals surface area contributed by atoms with Gasteiger partial charge >= 0.3 is 6.03 Å². The zero-order chi connectivity index (χ0) is 13.6. The molecule has 0 radical (unpaired) electrons. The van der Waals surface area contributed by atoms with Gasteiger partial charge in [0.15, 0.2) is 0 Å². The molecule has 1 saturated carbocycles. The Morgan fingerprint density at radius 1 is 1.47 bits per heavy atom. The Bertz CT molecular complexity index is 405. The van der Waals surface area contributed by atoms with Gasteiger partial charge in [-0.2, -0.15) is 0 Å². The van der Waals surface area contributed by atoms with Crippen molar-refractivity contribution in [3.63, 3.8) is 0 Å². The summed E-state index contributed by atoms with van der Waals surface area (Å²) in [7, 11) is 0. The second-order valence-corrected chi connectivity index (χ2v) is 6.28. The molecule has 2 aliphatic heterocycles. The van der Waals surface area contributed by atoms with E-state index in [1.54, 1.807) is 0 Å². The van der Waals surface area contributed by atoms with E-state index >= 15 is 0 Å². The third kappa shape index (κ3) is 1.89. The summed E-state index contributed by atoms with van der Waals surface area (Å²) >= 11 is 0. The minimum atomic E-state index is -0.322. The van der Waals surface area contributed by atoms with Crippen molar-refractivity contribution in [3.05, 3.63) is 0 Å². The molecule has 2 heterocycles. The van der Waals surface area contributed by atoms with Gasteiger partial charge in [-0.15, -0.1) is 0 Å². The third-order valence-corrected chi connectivity index (χ3v) is 4.84. The topological polar surface area (TPSA) is 78.7 Å². The van der Waals surface area contributed by atoms with Crippen LogP contribution in [0.15, 0.2) is 0 Å². The lowest BCUT2D eigenvalue weighted by Gasteiger charge is -2.48. The van der Waals surface area contributed by atoms with Crippen LogP contribution in [0.2, 0.25) is 0 Å². The number of amides is 3. The number of piperazine rings is 1. The molecule has 0 aromatic rings. The van der Waals surface area contributed by atoms with Crippen molar-refractivity contribution in [2.75, 3.05) is 32.7 Å². The molecule has 3 rings (SSSR count). The van der Waals surface area contributed by atoms with Gasteiger partial charge in [0.2, 0.25) is 5.91 Å². The highest BCUT2D eigenvalue weighted by molar-refractivity contribution is 5.85. The summed E-state index contributed by atoms with van der Waals surface area (Å²) in [6.07, 6.45) is 1.81. The van der Waals surface area contributed by atoms with Gasteiger partial charge in [-0.1, -0.05) is 6.92 Å². The molecule has 1 aliphatic carbocycles. The second kappa shape index (κ2) is 4.37. The first-order valence-electron chi connectivity index (χ1n) is 7.10. The van der Waals surface area contributed by atoms with Gasteiger partial charge in [0.05, 0.1) is 11.5 Å². The summed E-state index contributed by atoms with van der Waals surface area (Å²) in [5, 5.41) is 2.83. The number of rotatable bonds is 2. The van der Waals surface area contributed by atoms with Gasteiger partial charge in [0.1, 0.15) is 0 Å². The molecule has 1 unspecified atom stereocenters. The predicted octanol–water partition coefficient (Wildman–Crippen LogP) is -0.403. The first kappa shape index (κ1) is 12.7. The third-order valence-electron chi connectivity index (χ3n) is 4.84. The molecule has 106 valence electrons. The van der Waals surface area contributed by atoms with Gasteiger partial charge in [-0.05, 0) is 18.8 Å². The quantitative estimate of drug-likeness (QED) is 0.713. The minimum Gasteiger partial charge on any atom is -0.338 e. The van der Waals surface area contributed by atoms with Gasteiger partial charge in [-0.3, -0.25) is 4.79 Å². The summed E-state index contributed by atoms with van der Waals surface area (Å²) in [4.78, 5) is 28.0. The fourth-order valence-corrected chi connectivity index (χ4v) is 3.83. The van der Waals surface area contributed by atoms with E-state index in [0.29, 0.717) is 38.6 Å². The molecule has 19 heavy (non-hydrogen) atoms. The summed E-state index contributed by atoms with van der Waals surface area (Å²) in [6.45, 7) is 5.18. The Hall–Kier alpha value is -1.30. The van der Waals surface area contributed by atoms with Crippen LogP contribution in [-0.4, -0.2) is 60.5 Å². The minimum absolute atomic E-state index is 0.00269. The van der Waals surface area contributed by atoms with Gasteiger partial charge in [0, 0.05) is 32.7 Å². The molecular formula is C13H22N4O2. The lowest BCUT2D eigenvalue weighted by molar-refractivity contribution is -0.151. The number of nitrogens with two attached hydrogens (primary N) is 1. The lowest BCUT2D eigenvalue weighted by Crippen LogP contribution is -2.60. The smallest absolute Gasteiger partial charge is 0.317 e. The molecule has 3 fully saturated rings. The van der Waals surface area contributed by atoms with Gasteiger partial charge < -0.3 is 20.9 Å². The average Bonchev–Trinajstić information content (AvgIpc) is 2.75. The highest BCUT2D eigenvalue weighted by atomic mass is 16.2. The number of fused-ring (bicyclic) bond motifs is 1. The van der Waals surface area contributed by atoms with Crippen LogP contribution in [0.5, 0.6) is 0 Å². The zero-order valence-electron chi connectivity index (χ0n) is 11.4. The van der Waals surface area contributed by atoms with E-state index in [9.17, 15) is 9.59 Å². The molecule has 6 heteroatoms. The molecule has 3 aliphatic rings. The number of hydrogen-bond acceptors (Lipinski definition) is 3. The second-order valence-electron chi connectivity index (χ2n) is 6.28. The maximum atomic E-state index is 12.7. The molecule has 1 atom stereocenters. The summed E-state index contributed by atoms with van der Waals surface area (Å²) in [5.41, 5.74) is 5.52. The molecule has 0 aromatic carbocycles. The van der Waals surface area contributed by atoms with Crippen LogP contribution in [0.3, 0.4) is 0 Å². The molecule has 6 nitrogen and oxygen atoms in total. The number of nitrogens with one attached hydrogen (secondary N) is 1. The number of nitrogens with zero attached hydrogens (tertiary/aromatic N) is 2. The molecule has 3 N–H and O–H groups in total. The Morgan fingerprint density at radius 2 is 2.21 bits per heavy atom. The predicted molar refractivity (Wildman–Crippen MR) is 70.4 cm³/mol. The number of carbonyl (C=O) groups is 2. The Balaban J connectivity index is 1.67. The van der Waals surface area contributed by atoms with E-state index in [-0.39, 0.29) is 23.4 Å². The van der Waals surface area contributed by atoms with E-state index in [4.69, 9.17) is 5.73 Å². The van der Waals surface area contributed by atoms with Gasteiger partial charge in [-0.25, -0.2) is 4.79 Å². The van der Waals surface area contributed by atoms with Crippen molar-refractivity contribution in [2.45, 2.75) is 25.8 Å². The number of hydrogen-bond donors (Lipinski definition) is 2. The fourth-order valence-electron chi connectivity index (χ4n) is 3.83. The molecule has 3 amide bonds. The largest absolute Gasteiger partial charge is 0.338 e. The van der Waals surface area contributed by atoms with Crippen molar-refractivity contribution in [3.8, 4) is 0 Å². The van der Waals surface area contributed by atoms with E-state index in [1.807, 2.05) is 9.80 Å². The first-order valence-corrected chi connectivity index (χ1v) is 7.10. The molecule has 2 saturated heterocycles. The maximum Gasteiger partial charge on any atom is 0.317 e. The van der Waals surface area contributed by atoms with Crippen LogP contribution in [0.1, 0.15) is 19.8 Å². The van der Waals surface area contributed by atoms with E-state index in [1.165, 1.54) is 0 Å². The van der Waals surface area contributed by atoms with E-state index in [0.717, 1.165) is 12.8 Å². The van der Waals surface area contributed by atoms with Crippen molar-refractivity contribution in [2.24, 2.45) is 17.1 Å². The normalized spacial score (nSPS) is 37.7. The van der Waals surface area contributed by atoms with Crippen LogP contribution in [0.25, 0.3) is 0 Å². The summed E-state index contributed by atoms with van der Waals surface area (Å²) in [5.74, 6) is 0.801. The Labute approximate surface area is 113 Å². The first-order chi connectivity index (χ1) is 9.05. The molecule has 0 aromatic heterocycles. The van der Waals surface area contributed by atoms with Crippen LogP contribution < -0.4 is 11.1 Å². The average molecular weight is 266 g/mol. The maximum absolute atomic E-state index is 12.7. The highest BCUT2D eigenvalue weighted by Gasteiger charge is 2.50. The van der Waals surface area contributed by atoms with E-state index in [2.05, 4.69) is 12.2 Å². The van der Waals surface area contributed by atoms with Crippen molar-refractivity contribution < 1.29 is 9.59 Å². The Morgan fingerprint density at radius 3 is 2.84 bits per heavy atom. The molecule has 0 bridgehead atoms. The van der Waals surface area contributed by atoms with Crippen molar-refractivity contribution in [1.29, 1.82) is 0 Å². The Kier molecular flexibility index (Phi) is 2.92. The van der Waals surface area contributed by atoms with E-state index < -0.39 is 0 Å². The monoisotopic (exact) mass is 266 g/mol. The fraction of sp³-hybridized carbons (Fsp3) is 0.846. The number of carbonyl (C=O) groups excluding carboxylic acids is 2. The number of urea groups is 1. The van der Waals surface area contributed by atoms with Gasteiger partial charge in [0.25, 0.3) is 0 Å². The van der Waals surface area contributed by atoms with Crippen LogP contribution >= 0.6 is 0 Å². The van der Waals surface area contributed by atoms with Crippen LogP contribution in [-0.2, 0) is 4.79 Å². The highest BCUT2D eigenvalue weighted by Crippen LogP contribution is 2.46. The van der Waals surface area contributed by atoms with Crippen molar-refractivity contribution in [1.82, 2.24) is 15.1 Å². The molecular weight excluding hydrogens is 244 g/mol. The zero-order valence-corrected chi connectivity index (χ0v) is 11.4. The lowest BCUT2D eigenvalue weighted by atomic mass is 9.61. The van der Waals surface area contributed by atoms with Crippen molar-refractivity contribution >= 4 is 11.9 Å². The van der Waals surface area contributed by atoms with Crippen LogP contribution in [0, 0.1) is 11.3 Å². The SMILES string of the molecule is CC1CC(CN)(C(=O)N2CCN3C(=O)NCC3C2)C1. The summed E-state index contributed by atoms with van der Waals surface area (Å²) in [6, 6.07) is 0.139. The molecule has 0 spiro atoms.